The first-order valence-electron chi connectivity index (χ1n) is 6.71. The summed E-state index contributed by atoms with van der Waals surface area (Å²) in [6, 6.07) is 8.56. The number of nitrogens with zero attached hydrogens (tertiary/aromatic N) is 1. The molecule has 21 heavy (non-hydrogen) atoms. The normalized spacial score (nSPS) is 11.0. The highest BCUT2D eigenvalue weighted by atomic mass is 32.2. The summed E-state index contributed by atoms with van der Waals surface area (Å²) in [5.74, 6) is -2.47. The number of anilines is 1. The Kier molecular flexibility index (Phi) is 6.36. The molecule has 0 heterocycles. The van der Waals surface area contributed by atoms with Gasteiger partial charge < -0.3 is 10.2 Å². The Morgan fingerprint density at radius 1 is 1.05 bits per heavy atom. The average molecular weight is 312 g/mol. The van der Waals surface area contributed by atoms with Crippen LogP contribution in [0.25, 0.3) is 0 Å². The third-order valence-corrected chi connectivity index (χ3v) is 4.26. The molecule has 1 N–H and O–H groups in total. The second kappa shape index (κ2) is 7.78. The Hall–Kier alpha value is -1.89. The number of hydrogen-bond acceptors (Lipinski definition) is 4. The summed E-state index contributed by atoms with van der Waals surface area (Å²) in [6.45, 7) is 4.44. The van der Waals surface area contributed by atoms with Gasteiger partial charge in [-0.3, -0.25) is 9.59 Å². The van der Waals surface area contributed by atoms with E-state index >= 15 is 0 Å². The van der Waals surface area contributed by atoms with Crippen LogP contribution in [0.2, 0.25) is 0 Å². The summed E-state index contributed by atoms with van der Waals surface area (Å²) >= 11 is 0. The molecule has 116 valence electrons. The minimum Gasteiger partial charge on any atom is -0.342 e. The molecule has 0 fully saturated rings. The van der Waals surface area contributed by atoms with Crippen LogP contribution in [0.4, 0.5) is 5.69 Å². The molecule has 0 aromatic heterocycles. The lowest BCUT2D eigenvalue weighted by Crippen LogP contribution is -2.37. The van der Waals surface area contributed by atoms with Crippen molar-refractivity contribution in [2.75, 3.05) is 29.9 Å². The molecule has 2 amide bonds. The quantitative estimate of drug-likeness (QED) is 0.811. The molecule has 0 aliphatic carbocycles. The molecule has 1 aromatic carbocycles. The van der Waals surface area contributed by atoms with Gasteiger partial charge in [0.05, 0.1) is 0 Å². The fraction of sp³-hybridized carbons (Fsp3) is 0.429. The van der Waals surface area contributed by atoms with Gasteiger partial charge in [-0.05, 0) is 26.0 Å². The van der Waals surface area contributed by atoms with E-state index in [2.05, 4.69) is 5.32 Å². The van der Waals surface area contributed by atoms with Crippen molar-refractivity contribution in [3.05, 3.63) is 30.3 Å². The predicted molar refractivity (Wildman–Crippen MR) is 81.7 cm³/mol. The number of carbonyl (C=O) groups excluding carboxylic acids is 2. The van der Waals surface area contributed by atoms with Crippen LogP contribution in [0.3, 0.4) is 0 Å². The van der Waals surface area contributed by atoms with Gasteiger partial charge in [-0.1, -0.05) is 18.2 Å². The first-order chi connectivity index (χ1) is 9.88. The average Bonchev–Trinajstić information content (AvgIpc) is 2.39. The van der Waals surface area contributed by atoms with Gasteiger partial charge in [0.25, 0.3) is 0 Å². The summed E-state index contributed by atoms with van der Waals surface area (Å²) in [5, 5.41) is 2.49. The molecular weight excluding hydrogens is 292 g/mol. The monoisotopic (exact) mass is 312 g/mol. The highest BCUT2D eigenvalue weighted by Gasteiger charge is 2.23. The Morgan fingerprint density at radius 3 is 2.14 bits per heavy atom. The number of para-hydroxylation sites is 1. The van der Waals surface area contributed by atoms with Gasteiger partial charge in [0.15, 0.2) is 9.84 Å². The van der Waals surface area contributed by atoms with E-state index in [1.54, 1.807) is 44.2 Å². The van der Waals surface area contributed by atoms with Crippen molar-refractivity contribution in [3.63, 3.8) is 0 Å². The topological polar surface area (TPSA) is 83.6 Å². The lowest BCUT2D eigenvalue weighted by molar-refractivity contribution is -0.128. The predicted octanol–water partition coefficient (Wildman–Crippen LogP) is 0.908. The van der Waals surface area contributed by atoms with Crippen molar-refractivity contribution in [3.8, 4) is 0 Å². The minimum atomic E-state index is -3.77. The van der Waals surface area contributed by atoms with E-state index in [4.69, 9.17) is 0 Å². The molecule has 0 saturated carbocycles. The molecule has 0 aliphatic rings. The van der Waals surface area contributed by atoms with Crippen LogP contribution in [-0.2, 0) is 19.4 Å². The Bertz CT molecular complexity index is 580. The van der Waals surface area contributed by atoms with E-state index in [9.17, 15) is 18.0 Å². The number of benzene rings is 1. The third-order valence-electron chi connectivity index (χ3n) is 2.87. The highest BCUT2D eigenvalue weighted by molar-refractivity contribution is 7.92. The SMILES string of the molecule is CCN(CC)C(=O)CS(=O)(=O)CC(=O)Nc1ccccc1. The van der Waals surface area contributed by atoms with Crippen molar-refractivity contribution in [1.29, 1.82) is 0 Å². The molecule has 6 nitrogen and oxygen atoms in total. The lowest BCUT2D eigenvalue weighted by atomic mass is 10.3. The van der Waals surface area contributed by atoms with Crippen molar-refractivity contribution in [2.24, 2.45) is 0 Å². The van der Waals surface area contributed by atoms with E-state index in [0.717, 1.165) is 0 Å². The number of hydrogen-bond donors (Lipinski definition) is 1. The maximum atomic E-state index is 11.9. The highest BCUT2D eigenvalue weighted by Crippen LogP contribution is 2.05. The molecular formula is C14H20N2O4S. The Balaban J connectivity index is 2.60. The minimum absolute atomic E-state index is 0.446. The Labute approximate surface area is 125 Å². The van der Waals surface area contributed by atoms with E-state index in [-0.39, 0.29) is 0 Å². The van der Waals surface area contributed by atoms with E-state index in [1.807, 2.05) is 0 Å². The van der Waals surface area contributed by atoms with Crippen LogP contribution < -0.4 is 5.32 Å². The maximum absolute atomic E-state index is 11.9. The molecule has 7 heteroatoms. The molecule has 1 rings (SSSR count). The standard InChI is InChI=1S/C14H20N2O4S/c1-3-16(4-2)14(18)11-21(19,20)10-13(17)15-12-8-6-5-7-9-12/h5-9H,3-4,10-11H2,1-2H3,(H,15,17). The first-order valence-corrected chi connectivity index (χ1v) is 8.53. The lowest BCUT2D eigenvalue weighted by Gasteiger charge is -2.18. The summed E-state index contributed by atoms with van der Waals surface area (Å²) in [7, 11) is -3.77. The third kappa shape index (κ3) is 5.95. The summed E-state index contributed by atoms with van der Waals surface area (Å²) in [4.78, 5) is 24.9. The zero-order valence-corrected chi connectivity index (χ0v) is 13.0. The van der Waals surface area contributed by atoms with Gasteiger partial charge in [-0.25, -0.2) is 8.42 Å². The van der Waals surface area contributed by atoms with Crippen LogP contribution in [0.15, 0.2) is 30.3 Å². The molecule has 0 bridgehead atoms. The second-order valence-corrected chi connectivity index (χ2v) is 6.58. The summed E-state index contributed by atoms with van der Waals surface area (Å²) in [5.41, 5.74) is 0.521. The summed E-state index contributed by atoms with van der Waals surface area (Å²) in [6.07, 6.45) is 0. The molecule has 0 spiro atoms. The van der Waals surface area contributed by atoms with Crippen LogP contribution >= 0.6 is 0 Å². The van der Waals surface area contributed by atoms with Crippen LogP contribution in [0.5, 0.6) is 0 Å². The van der Waals surface area contributed by atoms with Crippen molar-refractivity contribution in [1.82, 2.24) is 4.90 Å². The van der Waals surface area contributed by atoms with Crippen LogP contribution in [-0.4, -0.2) is 49.7 Å². The van der Waals surface area contributed by atoms with E-state index in [1.165, 1.54) is 4.90 Å². The molecule has 0 atom stereocenters. The number of rotatable bonds is 7. The fourth-order valence-corrected chi connectivity index (χ4v) is 2.96. The van der Waals surface area contributed by atoms with Crippen LogP contribution in [0.1, 0.15) is 13.8 Å². The summed E-state index contributed by atoms with van der Waals surface area (Å²) < 4.78 is 23.7. The maximum Gasteiger partial charge on any atom is 0.239 e. The van der Waals surface area contributed by atoms with Crippen molar-refractivity contribution >= 4 is 27.3 Å². The van der Waals surface area contributed by atoms with Crippen LogP contribution in [0, 0.1) is 0 Å². The fourth-order valence-electron chi connectivity index (χ4n) is 1.83. The zero-order valence-electron chi connectivity index (χ0n) is 12.2. The van der Waals surface area contributed by atoms with Gasteiger partial charge in [-0.2, -0.15) is 0 Å². The van der Waals surface area contributed by atoms with Gasteiger partial charge in [0.1, 0.15) is 11.5 Å². The van der Waals surface area contributed by atoms with E-state index < -0.39 is 33.2 Å². The molecule has 1 aromatic rings. The number of carbonyl (C=O) groups is 2. The number of sulfone groups is 1. The molecule has 0 aliphatic heterocycles. The molecule has 0 unspecified atom stereocenters. The first kappa shape index (κ1) is 17.2. The number of amides is 2. The van der Waals surface area contributed by atoms with Gasteiger partial charge in [0.2, 0.25) is 11.8 Å². The largest absolute Gasteiger partial charge is 0.342 e. The van der Waals surface area contributed by atoms with Gasteiger partial charge in [0, 0.05) is 18.8 Å². The number of nitrogens with one attached hydrogen (secondary N) is 1. The zero-order chi connectivity index (χ0) is 15.9. The van der Waals surface area contributed by atoms with Crippen molar-refractivity contribution < 1.29 is 18.0 Å². The second-order valence-electron chi connectivity index (χ2n) is 4.51. The molecule has 0 saturated heterocycles. The van der Waals surface area contributed by atoms with Crippen molar-refractivity contribution in [2.45, 2.75) is 13.8 Å². The van der Waals surface area contributed by atoms with Gasteiger partial charge in [-0.15, -0.1) is 0 Å². The molecule has 0 radical (unpaired) electrons. The smallest absolute Gasteiger partial charge is 0.239 e. The Morgan fingerprint density at radius 2 is 1.62 bits per heavy atom. The van der Waals surface area contributed by atoms with E-state index in [0.29, 0.717) is 18.8 Å². The van der Waals surface area contributed by atoms with Gasteiger partial charge >= 0.3 is 0 Å².